The number of nitrogens with zero attached hydrogens (tertiary/aromatic N) is 1. The molecule has 1 amide bonds. The number of aromatic nitrogens is 1. The van der Waals surface area contributed by atoms with Crippen molar-refractivity contribution in [1.82, 2.24) is 4.98 Å². The molecule has 0 saturated carbocycles. The first-order valence-corrected chi connectivity index (χ1v) is 6.28. The number of hydrogen-bond donors (Lipinski definition) is 3. The molecule has 7 heteroatoms. The van der Waals surface area contributed by atoms with Gasteiger partial charge in [-0.1, -0.05) is 11.6 Å². The molecule has 1 aromatic heterocycles. The Kier molecular flexibility index (Phi) is 3.69. The second-order valence-electron chi connectivity index (χ2n) is 3.57. The maximum Gasteiger partial charge on any atom is 0.230 e. The van der Waals surface area contributed by atoms with Crippen molar-refractivity contribution in [2.24, 2.45) is 0 Å². The Morgan fingerprint density at radius 2 is 2.33 bits per heavy atom. The molecule has 94 valence electrons. The van der Waals surface area contributed by atoms with Crippen LogP contribution in [0.1, 0.15) is 5.69 Å². The van der Waals surface area contributed by atoms with Gasteiger partial charge in [-0.25, -0.2) is 4.98 Å². The zero-order valence-electron chi connectivity index (χ0n) is 9.18. The first-order chi connectivity index (χ1) is 8.54. The molecule has 1 aromatic carbocycles. The van der Waals surface area contributed by atoms with E-state index in [2.05, 4.69) is 10.3 Å². The predicted molar refractivity (Wildman–Crippen MR) is 72.0 cm³/mol. The number of rotatable bonds is 3. The highest BCUT2D eigenvalue weighted by Crippen LogP contribution is 2.26. The van der Waals surface area contributed by atoms with Gasteiger partial charge >= 0.3 is 0 Å². The Balaban J connectivity index is 2.00. The fourth-order valence-corrected chi connectivity index (χ4v) is 2.10. The third-order valence-corrected chi connectivity index (χ3v) is 3.17. The van der Waals surface area contributed by atoms with E-state index in [-0.39, 0.29) is 23.1 Å². The molecule has 0 aliphatic rings. The van der Waals surface area contributed by atoms with E-state index in [1.54, 1.807) is 11.4 Å². The first-order valence-electron chi connectivity index (χ1n) is 5.03. The Morgan fingerprint density at radius 1 is 1.56 bits per heavy atom. The normalized spacial score (nSPS) is 10.3. The first kappa shape index (κ1) is 12.7. The van der Waals surface area contributed by atoms with Gasteiger partial charge in [0, 0.05) is 11.1 Å². The lowest BCUT2D eigenvalue weighted by molar-refractivity contribution is -0.115. The van der Waals surface area contributed by atoms with Gasteiger partial charge in [0.2, 0.25) is 5.91 Å². The van der Waals surface area contributed by atoms with Crippen LogP contribution in [0.4, 0.5) is 10.8 Å². The number of thiazole rings is 1. The van der Waals surface area contributed by atoms with Gasteiger partial charge < -0.3 is 16.2 Å². The number of anilines is 2. The zero-order chi connectivity index (χ0) is 13.1. The number of phenols is 1. The fourth-order valence-electron chi connectivity index (χ4n) is 1.36. The van der Waals surface area contributed by atoms with Gasteiger partial charge in [-0.05, 0) is 18.2 Å². The van der Waals surface area contributed by atoms with Crippen LogP contribution in [0.15, 0.2) is 23.6 Å². The number of nitrogens with one attached hydrogen (secondary N) is 1. The fraction of sp³-hybridized carbons (Fsp3) is 0.0909. The highest BCUT2D eigenvalue weighted by atomic mass is 35.5. The van der Waals surface area contributed by atoms with Gasteiger partial charge in [0.1, 0.15) is 5.75 Å². The van der Waals surface area contributed by atoms with E-state index >= 15 is 0 Å². The van der Waals surface area contributed by atoms with E-state index in [0.29, 0.717) is 16.5 Å². The molecule has 0 aliphatic carbocycles. The largest absolute Gasteiger partial charge is 0.506 e. The molecule has 2 aromatic rings. The smallest absolute Gasteiger partial charge is 0.230 e. The molecule has 4 N–H and O–H groups in total. The number of hydrogen-bond acceptors (Lipinski definition) is 5. The lowest BCUT2D eigenvalue weighted by atomic mass is 10.2. The van der Waals surface area contributed by atoms with E-state index in [4.69, 9.17) is 17.3 Å². The van der Waals surface area contributed by atoms with E-state index < -0.39 is 0 Å². The average molecular weight is 284 g/mol. The maximum absolute atomic E-state index is 11.7. The topological polar surface area (TPSA) is 88.2 Å². The third-order valence-electron chi connectivity index (χ3n) is 2.14. The Bertz CT molecular complexity index is 585. The van der Waals surface area contributed by atoms with Crippen molar-refractivity contribution >= 4 is 39.7 Å². The predicted octanol–water partition coefficient (Wildman–Crippen LogP) is 2.27. The van der Waals surface area contributed by atoms with Gasteiger partial charge in [-0.2, -0.15) is 0 Å². The Labute approximate surface area is 112 Å². The molecule has 0 unspecified atom stereocenters. The monoisotopic (exact) mass is 283 g/mol. The number of amides is 1. The summed E-state index contributed by atoms with van der Waals surface area (Å²) in [6.45, 7) is 0. The molecule has 0 bridgehead atoms. The summed E-state index contributed by atoms with van der Waals surface area (Å²) >= 11 is 7.02. The molecule has 5 nitrogen and oxygen atoms in total. The number of halogens is 1. The van der Waals surface area contributed by atoms with Gasteiger partial charge in [-0.15, -0.1) is 11.3 Å². The van der Waals surface area contributed by atoms with Crippen LogP contribution < -0.4 is 11.1 Å². The van der Waals surface area contributed by atoms with E-state index in [1.165, 1.54) is 23.5 Å². The number of carbonyl (C=O) groups is 1. The van der Waals surface area contributed by atoms with Crippen LogP contribution in [-0.4, -0.2) is 16.0 Å². The highest BCUT2D eigenvalue weighted by Gasteiger charge is 2.08. The molecule has 0 atom stereocenters. The van der Waals surface area contributed by atoms with E-state index in [1.807, 2.05) is 0 Å². The van der Waals surface area contributed by atoms with Crippen LogP contribution in [-0.2, 0) is 11.2 Å². The number of nitrogens with two attached hydrogens (primary N) is 1. The van der Waals surface area contributed by atoms with Crippen LogP contribution in [0, 0.1) is 0 Å². The van der Waals surface area contributed by atoms with Crippen LogP contribution in [0.25, 0.3) is 0 Å². The zero-order valence-corrected chi connectivity index (χ0v) is 10.8. The van der Waals surface area contributed by atoms with Crippen molar-refractivity contribution in [3.8, 4) is 5.75 Å². The lowest BCUT2D eigenvalue weighted by Gasteiger charge is -2.05. The number of nitrogen functional groups attached to an aromatic ring is 1. The van der Waals surface area contributed by atoms with Gasteiger partial charge in [-0.3, -0.25) is 4.79 Å². The summed E-state index contributed by atoms with van der Waals surface area (Å²) in [6.07, 6.45) is 0.145. The second kappa shape index (κ2) is 5.24. The Morgan fingerprint density at radius 3 is 2.94 bits per heavy atom. The maximum atomic E-state index is 11.7. The third kappa shape index (κ3) is 3.12. The van der Waals surface area contributed by atoms with E-state index in [0.717, 1.165) is 0 Å². The molecule has 0 radical (unpaired) electrons. The molecule has 2 rings (SSSR count). The molecule has 0 saturated heterocycles. The number of benzene rings is 1. The van der Waals surface area contributed by atoms with Crippen LogP contribution in [0.5, 0.6) is 5.75 Å². The summed E-state index contributed by atoms with van der Waals surface area (Å²) in [5.41, 5.74) is 6.62. The van der Waals surface area contributed by atoms with Crippen molar-refractivity contribution in [2.45, 2.75) is 6.42 Å². The highest BCUT2D eigenvalue weighted by molar-refractivity contribution is 7.13. The summed E-state index contributed by atoms with van der Waals surface area (Å²) in [6, 6.07) is 4.46. The van der Waals surface area contributed by atoms with E-state index in [9.17, 15) is 9.90 Å². The summed E-state index contributed by atoms with van der Waals surface area (Å²) in [5, 5.41) is 14.3. The SMILES string of the molecule is Nc1nc(CC(=O)Nc2ccc(O)c(Cl)c2)cs1. The molecule has 0 fully saturated rings. The summed E-state index contributed by atoms with van der Waals surface area (Å²) in [5.74, 6) is -0.246. The Hall–Kier alpha value is -1.79. The summed E-state index contributed by atoms with van der Waals surface area (Å²) in [7, 11) is 0. The standard InChI is InChI=1S/C11H10ClN3O2S/c12-8-3-6(1-2-9(8)16)14-10(17)4-7-5-18-11(13)15-7/h1-3,5,16H,4H2,(H2,13,15)(H,14,17). The van der Waals surface area contributed by atoms with Crippen LogP contribution in [0.3, 0.4) is 0 Å². The summed E-state index contributed by atoms with van der Waals surface area (Å²) < 4.78 is 0. The number of aromatic hydroxyl groups is 1. The average Bonchev–Trinajstić information content (AvgIpc) is 2.69. The van der Waals surface area contributed by atoms with Crippen LogP contribution in [0.2, 0.25) is 5.02 Å². The second-order valence-corrected chi connectivity index (χ2v) is 4.87. The molecule has 18 heavy (non-hydrogen) atoms. The minimum Gasteiger partial charge on any atom is -0.506 e. The van der Waals surface area contributed by atoms with Crippen molar-refractivity contribution in [2.75, 3.05) is 11.1 Å². The van der Waals surface area contributed by atoms with Gasteiger partial charge in [0.25, 0.3) is 0 Å². The molecular formula is C11H10ClN3O2S. The van der Waals surface area contributed by atoms with Crippen molar-refractivity contribution in [1.29, 1.82) is 0 Å². The molecule has 0 spiro atoms. The van der Waals surface area contributed by atoms with Gasteiger partial charge in [0.15, 0.2) is 5.13 Å². The van der Waals surface area contributed by atoms with Crippen LogP contribution >= 0.6 is 22.9 Å². The molecular weight excluding hydrogens is 274 g/mol. The lowest BCUT2D eigenvalue weighted by Crippen LogP contribution is -2.14. The van der Waals surface area contributed by atoms with Crippen molar-refractivity contribution < 1.29 is 9.90 Å². The minimum absolute atomic E-state index is 0.0260. The number of phenolic OH excluding ortho intramolecular Hbond substituents is 1. The van der Waals surface area contributed by atoms with Crippen molar-refractivity contribution in [3.63, 3.8) is 0 Å². The quantitative estimate of drug-likeness (QED) is 0.754. The number of carbonyl (C=O) groups excluding carboxylic acids is 1. The molecule has 0 aliphatic heterocycles. The van der Waals surface area contributed by atoms with Crippen molar-refractivity contribution in [3.05, 3.63) is 34.3 Å². The minimum atomic E-state index is -0.220. The summed E-state index contributed by atoms with van der Waals surface area (Å²) in [4.78, 5) is 15.7. The van der Waals surface area contributed by atoms with Gasteiger partial charge in [0.05, 0.1) is 17.1 Å². The molecule has 1 heterocycles.